The second-order valence-electron chi connectivity index (χ2n) is 6.45. The first-order chi connectivity index (χ1) is 10.6. The Morgan fingerprint density at radius 1 is 1.35 bits per heavy atom. The number of aliphatic carboxylic acids is 1. The predicted molar refractivity (Wildman–Crippen MR) is 82.7 cm³/mol. The minimum atomic E-state index is -1.38. The van der Waals surface area contributed by atoms with Crippen molar-refractivity contribution in [3.63, 3.8) is 0 Å². The molecule has 1 aliphatic heterocycles. The average Bonchev–Trinajstić information content (AvgIpc) is 2.50. The summed E-state index contributed by atoms with van der Waals surface area (Å²) in [7, 11) is 0. The van der Waals surface area contributed by atoms with Crippen LogP contribution >= 0.6 is 0 Å². The van der Waals surface area contributed by atoms with Crippen LogP contribution in [0, 0.1) is 5.92 Å². The molecule has 0 saturated carbocycles. The Morgan fingerprint density at radius 3 is 2.48 bits per heavy atom. The van der Waals surface area contributed by atoms with Crippen LogP contribution in [0.25, 0.3) is 0 Å². The van der Waals surface area contributed by atoms with Gasteiger partial charge in [-0.05, 0) is 33.1 Å². The minimum Gasteiger partial charge on any atom is -0.481 e. The fourth-order valence-corrected chi connectivity index (χ4v) is 2.47. The number of hydrogen-bond donors (Lipinski definition) is 4. The molecular weight excluding hydrogens is 304 g/mol. The van der Waals surface area contributed by atoms with E-state index in [2.05, 4.69) is 6.58 Å². The lowest BCUT2D eigenvalue weighted by molar-refractivity contribution is -0.313. The van der Waals surface area contributed by atoms with Crippen molar-refractivity contribution in [3.8, 4) is 0 Å². The van der Waals surface area contributed by atoms with E-state index < -0.39 is 48.2 Å². The quantitative estimate of drug-likeness (QED) is 0.483. The monoisotopic (exact) mass is 332 g/mol. The van der Waals surface area contributed by atoms with Gasteiger partial charge in [0.05, 0.1) is 17.6 Å². The van der Waals surface area contributed by atoms with Gasteiger partial charge in [-0.3, -0.25) is 4.79 Å². The molecule has 1 rings (SSSR count). The van der Waals surface area contributed by atoms with E-state index in [0.717, 1.165) is 0 Å². The molecule has 0 amide bonds. The topological polar surface area (TPSA) is 116 Å². The fraction of sp³-hybridized carbons (Fsp3) is 0.812. The van der Waals surface area contributed by atoms with E-state index >= 15 is 0 Å². The van der Waals surface area contributed by atoms with Crippen LogP contribution in [0.15, 0.2) is 12.7 Å². The van der Waals surface area contributed by atoms with Crippen LogP contribution in [-0.2, 0) is 14.3 Å². The summed E-state index contributed by atoms with van der Waals surface area (Å²) in [5, 5.41) is 38.4. The molecule has 1 heterocycles. The van der Waals surface area contributed by atoms with Crippen LogP contribution in [0.3, 0.4) is 0 Å². The van der Waals surface area contributed by atoms with Gasteiger partial charge in [-0.25, -0.2) is 0 Å². The first-order valence-electron chi connectivity index (χ1n) is 7.85. The molecule has 1 aliphatic rings. The van der Waals surface area contributed by atoms with Crippen molar-refractivity contribution in [2.24, 2.45) is 5.92 Å². The van der Waals surface area contributed by atoms with E-state index in [1.54, 1.807) is 26.8 Å². The number of carboxylic acid groups (broad SMARTS) is 1. The predicted octanol–water partition coefficient (Wildman–Crippen LogP) is 0.666. The van der Waals surface area contributed by atoms with Crippen LogP contribution in [0.5, 0.6) is 0 Å². The van der Waals surface area contributed by atoms with E-state index in [0.29, 0.717) is 19.3 Å². The van der Waals surface area contributed by atoms with Crippen LogP contribution < -0.4 is 0 Å². The summed E-state index contributed by atoms with van der Waals surface area (Å²) >= 11 is 0. The maximum absolute atomic E-state index is 10.8. The zero-order valence-corrected chi connectivity index (χ0v) is 13.9. The molecule has 134 valence electrons. The van der Waals surface area contributed by atoms with E-state index in [-0.39, 0.29) is 0 Å². The van der Waals surface area contributed by atoms with Gasteiger partial charge in [-0.1, -0.05) is 13.0 Å². The van der Waals surface area contributed by atoms with Crippen molar-refractivity contribution >= 4 is 5.97 Å². The molecule has 1 saturated heterocycles. The Bertz CT molecular complexity index is 413. The first kappa shape index (κ1) is 20.1. The maximum atomic E-state index is 10.8. The van der Waals surface area contributed by atoms with Gasteiger partial charge in [0.15, 0.2) is 6.29 Å². The van der Waals surface area contributed by atoms with Gasteiger partial charge in [-0.2, -0.15) is 0 Å². The summed E-state index contributed by atoms with van der Waals surface area (Å²) in [4.78, 5) is 10.8. The Balaban J connectivity index is 2.63. The molecule has 0 aromatic rings. The van der Waals surface area contributed by atoms with Crippen LogP contribution in [-0.4, -0.2) is 62.7 Å². The summed E-state index contributed by atoms with van der Waals surface area (Å²) in [5.41, 5.74) is -0.842. The fourth-order valence-electron chi connectivity index (χ4n) is 2.47. The third kappa shape index (κ3) is 5.26. The second kappa shape index (κ2) is 8.21. The first-order valence-corrected chi connectivity index (χ1v) is 7.85. The van der Waals surface area contributed by atoms with Crippen LogP contribution in [0.2, 0.25) is 0 Å². The Kier molecular flexibility index (Phi) is 7.16. The Hall–Kier alpha value is -0.990. The molecule has 7 nitrogen and oxygen atoms in total. The number of ether oxygens (including phenoxy) is 2. The second-order valence-corrected chi connectivity index (χ2v) is 6.45. The van der Waals surface area contributed by atoms with Crippen molar-refractivity contribution in [2.75, 3.05) is 0 Å². The summed E-state index contributed by atoms with van der Waals surface area (Å²) in [5.74, 6) is -1.29. The normalized spacial score (nSPS) is 35.3. The molecular formula is C16H28O7. The molecule has 1 unspecified atom stereocenters. The highest BCUT2D eigenvalue weighted by atomic mass is 16.7. The van der Waals surface area contributed by atoms with Gasteiger partial charge in [0.2, 0.25) is 0 Å². The third-order valence-electron chi connectivity index (χ3n) is 4.36. The highest BCUT2D eigenvalue weighted by Gasteiger charge is 2.44. The average molecular weight is 332 g/mol. The van der Waals surface area contributed by atoms with E-state index in [1.165, 1.54) is 0 Å². The van der Waals surface area contributed by atoms with Crippen molar-refractivity contribution < 1.29 is 34.7 Å². The van der Waals surface area contributed by atoms with Gasteiger partial charge < -0.3 is 29.9 Å². The molecule has 0 radical (unpaired) electrons. The van der Waals surface area contributed by atoms with Gasteiger partial charge >= 0.3 is 5.97 Å². The molecule has 23 heavy (non-hydrogen) atoms. The van der Waals surface area contributed by atoms with E-state index in [9.17, 15) is 20.1 Å². The maximum Gasteiger partial charge on any atom is 0.306 e. The Labute approximate surface area is 136 Å². The van der Waals surface area contributed by atoms with Crippen LogP contribution in [0.1, 0.15) is 40.0 Å². The molecule has 7 heteroatoms. The largest absolute Gasteiger partial charge is 0.481 e. The molecule has 4 N–H and O–H groups in total. The van der Waals surface area contributed by atoms with E-state index in [1.807, 2.05) is 0 Å². The SMILES string of the molecule is C=C[C@](C)(CCCC(C)C(=O)O)O[C@@H]1O[C@H](C)[C@@H](O)[C@H](O)[C@H]1O. The van der Waals surface area contributed by atoms with Crippen molar-refractivity contribution in [1.82, 2.24) is 0 Å². The lowest BCUT2D eigenvalue weighted by Gasteiger charge is -2.42. The number of aliphatic hydroxyl groups excluding tert-OH is 3. The highest BCUT2D eigenvalue weighted by molar-refractivity contribution is 5.69. The number of carbonyl (C=O) groups is 1. The minimum absolute atomic E-state index is 0.447. The molecule has 7 atom stereocenters. The van der Waals surface area contributed by atoms with Gasteiger partial charge in [0.1, 0.15) is 18.3 Å². The number of rotatable bonds is 8. The van der Waals surface area contributed by atoms with Crippen LogP contribution in [0.4, 0.5) is 0 Å². The molecule has 0 spiro atoms. The summed E-state index contributed by atoms with van der Waals surface area (Å²) in [6, 6.07) is 0. The van der Waals surface area contributed by atoms with E-state index in [4.69, 9.17) is 14.6 Å². The van der Waals surface area contributed by atoms with Gasteiger partial charge in [-0.15, -0.1) is 6.58 Å². The zero-order valence-electron chi connectivity index (χ0n) is 13.9. The number of carboxylic acids is 1. The van der Waals surface area contributed by atoms with Crippen molar-refractivity contribution in [2.45, 2.75) is 76.3 Å². The summed E-state index contributed by atoms with van der Waals surface area (Å²) in [6.07, 6.45) is -2.54. The Morgan fingerprint density at radius 2 is 1.96 bits per heavy atom. The lowest BCUT2D eigenvalue weighted by atomic mass is 9.94. The molecule has 0 aromatic carbocycles. The highest BCUT2D eigenvalue weighted by Crippen LogP contribution is 2.29. The standard InChI is InChI=1S/C16H28O7/c1-5-16(4,8-6-7-9(2)14(20)21)23-15-13(19)12(18)11(17)10(3)22-15/h5,9-13,15,17-19H,1,6-8H2,2-4H3,(H,20,21)/t9?,10-,11-,12+,13-,15+,16-/m1/s1. The van der Waals surface area contributed by atoms with Crippen molar-refractivity contribution in [3.05, 3.63) is 12.7 Å². The molecule has 0 aliphatic carbocycles. The number of aliphatic hydroxyl groups is 3. The third-order valence-corrected chi connectivity index (χ3v) is 4.36. The summed E-state index contributed by atoms with van der Waals surface area (Å²) < 4.78 is 11.2. The number of hydrogen-bond acceptors (Lipinski definition) is 6. The lowest BCUT2D eigenvalue weighted by Crippen LogP contribution is -2.58. The molecule has 0 aromatic heterocycles. The van der Waals surface area contributed by atoms with Gasteiger partial charge in [0.25, 0.3) is 0 Å². The summed E-state index contributed by atoms with van der Waals surface area (Å²) in [6.45, 7) is 8.69. The van der Waals surface area contributed by atoms with Gasteiger partial charge in [0, 0.05) is 0 Å². The smallest absolute Gasteiger partial charge is 0.306 e. The van der Waals surface area contributed by atoms with Crippen molar-refractivity contribution in [1.29, 1.82) is 0 Å². The molecule has 1 fully saturated rings. The molecule has 0 bridgehead atoms. The zero-order chi connectivity index (χ0) is 17.8.